The molecule has 0 radical (unpaired) electrons. The van der Waals surface area contributed by atoms with Crippen molar-refractivity contribution in [2.24, 2.45) is 0 Å². The van der Waals surface area contributed by atoms with Crippen molar-refractivity contribution in [1.29, 1.82) is 0 Å². The van der Waals surface area contributed by atoms with Crippen LogP contribution in [0.1, 0.15) is 17.5 Å². The minimum absolute atomic E-state index is 0.114. The third-order valence-corrected chi connectivity index (χ3v) is 6.35. The fourth-order valence-electron chi connectivity index (χ4n) is 2.04. The van der Waals surface area contributed by atoms with Crippen LogP contribution in [0.3, 0.4) is 0 Å². The number of rotatable bonds is 9. The van der Waals surface area contributed by atoms with E-state index in [4.69, 9.17) is 18.0 Å². The van der Waals surface area contributed by atoms with Crippen LogP contribution in [0, 0.1) is 0 Å². The predicted octanol–water partition coefficient (Wildman–Crippen LogP) is 3.20. The maximum Gasteiger partial charge on any atom is 0.500 e. The number of carbonyl (C=O) groups is 1. The molecule has 1 amide bonds. The van der Waals surface area contributed by atoms with Crippen molar-refractivity contribution in [1.82, 2.24) is 5.32 Å². The van der Waals surface area contributed by atoms with E-state index in [1.807, 2.05) is 0 Å². The molecule has 1 N–H and O–H groups in total. The Labute approximate surface area is 145 Å². The fraction of sp³-hybridized carbons (Fsp3) is 0.533. The molecule has 0 aliphatic rings. The highest BCUT2D eigenvalue weighted by molar-refractivity contribution is 6.60. The summed E-state index contributed by atoms with van der Waals surface area (Å²) in [6.07, 6.45) is -4.47. The molecule has 1 aromatic rings. The van der Waals surface area contributed by atoms with Crippen molar-refractivity contribution in [2.45, 2.75) is 25.2 Å². The summed E-state index contributed by atoms with van der Waals surface area (Å²) in [5.41, 5.74) is -0.282. The lowest BCUT2D eigenvalue weighted by Crippen LogP contribution is -2.43. The maximum atomic E-state index is 12.4. The second kappa shape index (κ2) is 9.75. The van der Waals surface area contributed by atoms with Crippen molar-refractivity contribution >= 4 is 14.9 Å². The Bertz CT molecular complexity index is 527. The normalized spacial score (nSPS) is 12.1. The quantitative estimate of drug-likeness (QED) is 0.526. The monoisotopic (exact) mass is 381 g/mol. The number of alkyl halides is 3. The number of hydrogen-bond donors (Lipinski definition) is 1. The summed E-state index contributed by atoms with van der Waals surface area (Å²) in [5, 5.41) is 2.55. The summed E-state index contributed by atoms with van der Waals surface area (Å²) >= 11 is 0. The number of carbonyl (C=O) groups excluding carboxylic acids is 1. The molecule has 0 heterocycles. The zero-order valence-corrected chi connectivity index (χ0v) is 15.3. The molecule has 6 nitrogen and oxygen atoms in total. The van der Waals surface area contributed by atoms with Gasteiger partial charge in [0.2, 0.25) is 0 Å². The van der Waals surface area contributed by atoms with Crippen molar-refractivity contribution in [3.8, 4) is 0 Å². The number of hydrogen-bond acceptors (Lipinski definition) is 5. The average Bonchev–Trinajstić information content (AvgIpc) is 2.60. The molecular formula is C15H22F3NO5Si. The lowest BCUT2D eigenvalue weighted by Gasteiger charge is -2.24. The standard InChI is InChI=1S/C15H22F3NO5Si/c1-21-25(22-2,23-3)10-4-9-19-14(20)24-11-12-5-7-13(8-6-12)15(16,17)18/h5-8H,4,9-11H2,1-3H3,(H,19,20). The fourth-order valence-corrected chi connectivity index (χ4v) is 3.76. The second-order valence-corrected chi connectivity index (χ2v) is 8.19. The van der Waals surface area contributed by atoms with Crippen LogP contribution < -0.4 is 5.32 Å². The lowest BCUT2D eigenvalue weighted by molar-refractivity contribution is -0.137. The van der Waals surface area contributed by atoms with Crippen LogP contribution in [0.15, 0.2) is 24.3 Å². The largest absolute Gasteiger partial charge is 0.500 e. The number of alkyl carbamates (subject to hydrolysis) is 1. The van der Waals surface area contributed by atoms with Crippen molar-refractivity contribution in [3.63, 3.8) is 0 Å². The van der Waals surface area contributed by atoms with Crippen LogP contribution in [0.4, 0.5) is 18.0 Å². The molecular weight excluding hydrogens is 359 g/mol. The van der Waals surface area contributed by atoms with Crippen molar-refractivity contribution < 1.29 is 36.0 Å². The third kappa shape index (κ3) is 7.02. The van der Waals surface area contributed by atoms with E-state index < -0.39 is 26.6 Å². The van der Waals surface area contributed by atoms with E-state index in [1.165, 1.54) is 33.5 Å². The molecule has 0 saturated carbocycles. The Balaban J connectivity index is 2.31. The van der Waals surface area contributed by atoms with Gasteiger partial charge in [-0.05, 0) is 24.1 Å². The molecule has 25 heavy (non-hydrogen) atoms. The molecule has 0 unspecified atom stereocenters. The SMILES string of the molecule is CO[Si](CCCNC(=O)OCc1ccc(C(F)(F)F)cc1)(OC)OC. The topological polar surface area (TPSA) is 66.0 Å². The highest BCUT2D eigenvalue weighted by Gasteiger charge is 2.36. The van der Waals surface area contributed by atoms with Crippen molar-refractivity contribution in [2.75, 3.05) is 27.9 Å². The summed E-state index contributed by atoms with van der Waals surface area (Å²) in [4.78, 5) is 11.6. The molecule has 0 bridgehead atoms. The molecule has 0 fully saturated rings. The van der Waals surface area contributed by atoms with E-state index >= 15 is 0 Å². The van der Waals surface area contributed by atoms with E-state index in [0.29, 0.717) is 24.6 Å². The summed E-state index contributed by atoms with van der Waals surface area (Å²) in [5.74, 6) is 0. The smallest absolute Gasteiger partial charge is 0.445 e. The molecule has 0 spiro atoms. The van der Waals surface area contributed by atoms with Gasteiger partial charge >= 0.3 is 21.1 Å². The molecule has 142 valence electrons. The minimum atomic E-state index is -4.39. The summed E-state index contributed by atoms with van der Waals surface area (Å²) in [6, 6.07) is 4.95. The molecule has 0 saturated heterocycles. The molecule has 10 heteroatoms. The summed E-state index contributed by atoms with van der Waals surface area (Å²) in [7, 11) is 1.85. The Morgan fingerprint density at radius 3 is 2.12 bits per heavy atom. The van der Waals surface area contributed by atoms with E-state index in [-0.39, 0.29) is 6.61 Å². The van der Waals surface area contributed by atoms with Crippen LogP contribution in [0.5, 0.6) is 0 Å². The Morgan fingerprint density at radius 1 is 1.08 bits per heavy atom. The Hall–Kier alpha value is -1.62. The summed E-state index contributed by atoms with van der Waals surface area (Å²) in [6.45, 7) is 0.216. The number of benzene rings is 1. The molecule has 0 aliphatic carbocycles. The van der Waals surface area contributed by atoms with Gasteiger partial charge in [0, 0.05) is 33.9 Å². The highest BCUT2D eigenvalue weighted by Crippen LogP contribution is 2.29. The van der Waals surface area contributed by atoms with Gasteiger partial charge in [0.05, 0.1) is 5.56 Å². The number of amides is 1. The summed E-state index contributed by atoms with van der Waals surface area (Å²) < 4.78 is 58.1. The first-order valence-corrected chi connectivity index (χ1v) is 9.41. The van der Waals surface area contributed by atoms with Gasteiger partial charge in [0.15, 0.2) is 0 Å². The molecule has 0 aromatic heterocycles. The Morgan fingerprint density at radius 2 is 1.64 bits per heavy atom. The Kier molecular flexibility index (Phi) is 8.36. The van der Waals surface area contributed by atoms with Crippen LogP contribution in [0.2, 0.25) is 6.04 Å². The minimum Gasteiger partial charge on any atom is -0.445 e. The lowest BCUT2D eigenvalue weighted by atomic mass is 10.1. The van der Waals surface area contributed by atoms with Gasteiger partial charge < -0.3 is 23.3 Å². The molecule has 1 aromatic carbocycles. The third-order valence-electron chi connectivity index (χ3n) is 3.51. The highest BCUT2D eigenvalue weighted by atomic mass is 28.4. The van der Waals surface area contributed by atoms with Crippen molar-refractivity contribution in [3.05, 3.63) is 35.4 Å². The second-order valence-electron chi connectivity index (χ2n) is 5.10. The van der Waals surface area contributed by atoms with E-state index in [2.05, 4.69) is 5.32 Å². The van der Waals surface area contributed by atoms with Gasteiger partial charge in [-0.1, -0.05) is 12.1 Å². The maximum absolute atomic E-state index is 12.4. The molecule has 1 rings (SSSR count). The first-order valence-electron chi connectivity index (χ1n) is 7.48. The van der Waals surface area contributed by atoms with Crippen LogP contribution in [-0.4, -0.2) is 42.8 Å². The van der Waals surface area contributed by atoms with E-state index in [9.17, 15) is 18.0 Å². The van der Waals surface area contributed by atoms with Gasteiger partial charge in [-0.3, -0.25) is 0 Å². The van der Waals surface area contributed by atoms with E-state index in [1.54, 1.807) is 0 Å². The van der Waals surface area contributed by atoms with Gasteiger partial charge in [-0.25, -0.2) is 4.79 Å². The van der Waals surface area contributed by atoms with Crippen LogP contribution in [-0.2, 0) is 30.8 Å². The predicted molar refractivity (Wildman–Crippen MR) is 85.8 cm³/mol. The number of nitrogens with one attached hydrogen (secondary N) is 1. The average molecular weight is 381 g/mol. The molecule has 0 atom stereocenters. The van der Waals surface area contributed by atoms with Gasteiger partial charge in [-0.2, -0.15) is 13.2 Å². The molecule has 0 aliphatic heterocycles. The number of halogens is 3. The van der Waals surface area contributed by atoms with Crippen LogP contribution >= 0.6 is 0 Å². The zero-order chi connectivity index (χ0) is 18.9. The first-order chi connectivity index (χ1) is 11.8. The van der Waals surface area contributed by atoms with Gasteiger partial charge in [0.1, 0.15) is 6.61 Å². The van der Waals surface area contributed by atoms with Gasteiger partial charge in [0.25, 0.3) is 0 Å². The zero-order valence-electron chi connectivity index (χ0n) is 14.3. The first kappa shape index (κ1) is 21.4. The number of ether oxygens (including phenoxy) is 1. The van der Waals surface area contributed by atoms with E-state index in [0.717, 1.165) is 12.1 Å². The van der Waals surface area contributed by atoms with Gasteiger partial charge in [-0.15, -0.1) is 0 Å². The van der Waals surface area contributed by atoms with Crippen LogP contribution in [0.25, 0.3) is 0 Å².